The van der Waals surface area contributed by atoms with Crippen molar-refractivity contribution in [1.29, 1.82) is 0 Å². The largest absolute Gasteiger partial charge is 0.444 e. The minimum atomic E-state index is -4.06. The first kappa shape index (κ1) is 43.2. The van der Waals surface area contributed by atoms with Crippen molar-refractivity contribution in [3.63, 3.8) is 0 Å². The molecule has 0 aliphatic carbocycles. The highest BCUT2D eigenvalue weighted by atomic mass is 35.5. The number of rotatable bonds is 10. The third-order valence-corrected chi connectivity index (χ3v) is 10.9. The Hall–Kier alpha value is -5.56. The molecule has 0 fully saturated rings. The highest BCUT2D eigenvalue weighted by molar-refractivity contribution is 7.91. The van der Waals surface area contributed by atoms with E-state index in [1.165, 1.54) is 110 Å². The van der Waals surface area contributed by atoms with Gasteiger partial charge in [0.05, 0.1) is 27.7 Å². The molecule has 0 spiro atoms. The van der Waals surface area contributed by atoms with Gasteiger partial charge >= 0.3 is 6.09 Å². The van der Waals surface area contributed by atoms with Crippen LogP contribution >= 0.6 is 12.4 Å². The highest BCUT2D eigenvalue weighted by Crippen LogP contribution is 2.27. The first-order valence-electron chi connectivity index (χ1n) is 16.6. The number of carbonyl (C=O) groups is 1. The smallest absolute Gasteiger partial charge is 0.410 e. The zero-order chi connectivity index (χ0) is 40.0. The van der Waals surface area contributed by atoms with Crippen LogP contribution in [0, 0.1) is 11.6 Å². The molecule has 0 saturated carbocycles. The van der Waals surface area contributed by atoms with Crippen LogP contribution in [0.2, 0.25) is 0 Å². The van der Waals surface area contributed by atoms with Gasteiger partial charge in [0.15, 0.2) is 10.1 Å². The van der Waals surface area contributed by atoms with Crippen molar-refractivity contribution in [2.24, 2.45) is 0 Å². The SMILES string of the molecule is CN(Cc1cc(S(=O)(=O)c2cccnc2)n(-c2ccccc2F)n1)C(=O)OC(C)(C)C.CNCc1cc(S(=O)(=O)c2cccnc2)n(-c2ccccc2F)n1.Cl. The van der Waals surface area contributed by atoms with E-state index >= 15 is 0 Å². The van der Waals surface area contributed by atoms with Crippen LogP contribution < -0.4 is 5.32 Å². The molecule has 6 aromatic rings. The molecule has 2 aromatic carbocycles. The van der Waals surface area contributed by atoms with Crippen LogP contribution in [0.4, 0.5) is 13.6 Å². The van der Waals surface area contributed by atoms with Gasteiger partial charge in [-0.3, -0.25) is 9.97 Å². The Bertz CT molecular complexity index is 2500. The third-order valence-electron chi connectivity index (χ3n) is 7.52. The molecule has 14 nitrogen and oxygen atoms in total. The van der Waals surface area contributed by atoms with Crippen LogP contribution in [0.1, 0.15) is 32.2 Å². The molecule has 0 saturated heterocycles. The number of sulfone groups is 2. The van der Waals surface area contributed by atoms with E-state index in [0.717, 1.165) is 9.36 Å². The molecule has 1 amide bonds. The molecular weight excluding hydrogens is 790 g/mol. The van der Waals surface area contributed by atoms with Gasteiger partial charge in [-0.1, -0.05) is 24.3 Å². The van der Waals surface area contributed by atoms with Crippen LogP contribution in [0.25, 0.3) is 11.4 Å². The molecule has 4 aromatic heterocycles. The fourth-order valence-electron chi connectivity index (χ4n) is 5.04. The second kappa shape index (κ2) is 17.9. The molecule has 4 heterocycles. The number of aromatic nitrogens is 6. The second-order valence-electron chi connectivity index (χ2n) is 12.9. The van der Waals surface area contributed by atoms with Gasteiger partial charge in [0.1, 0.15) is 28.6 Å². The topological polar surface area (TPSA) is 171 Å². The lowest BCUT2D eigenvalue weighted by Gasteiger charge is -2.24. The molecule has 0 radical (unpaired) electrons. The van der Waals surface area contributed by atoms with Crippen LogP contribution in [0.5, 0.6) is 0 Å². The van der Waals surface area contributed by atoms with Crippen molar-refractivity contribution in [1.82, 2.24) is 39.7 Å². The van der Waals surface area contributed by atoms with E-state index in [1.807, 2.05) is 0 Å². The fourth-order valence-corrected chi connectivity index (χ4v) is 7.76. The Balaban J connectivity index is 0.000000252. The van der Waals surface area contributed by atoms with E-state index in [4.69, 9.17) is 4.74 Å². The average Bonchev–Trinajstić information content (AvgIpc) is 3.78. The summed E-state index contributed by atoms with van der Waals surface area (Å²) in [6.45, 7) is 5.54. The summed E-state index contributed by atoms with van der Waals surface area (Å²) in [5.41, 5.74) is 0.0907. The number of benzene rings is 2. The molecular formula is C37H39ClF2N8O6S2. The first-order valence-corrected chi connectivity index (χ1v) is 19.6. The fraction of sp³-hybridized carbons (Fsp3) is 0.216. The second-order valence-corrected chi connectivity index (χ2v) is 16.7. The van der Waals surface area contributed by atoms with Crippen molar-refractivity contribution in [2.75, 3.05) is 14.1 Å². The Morgan fingerprint density at radius 3 is 1.61 bits per heavy atom. The molecule has 19 heteroatoms. The van der Waals surface area contributed by atoms with E-state index in [0.29, 0.717) is 12.2 Å². The van der Waals surface area contributed by atoms with Gasteiger partial charge in [0, 0.05) is 50.5 Å². The lowest BCUT2D eigenvalue weighted by Crippen LogP contribution is -2.33. The Labute approximate surface area is 329 Å². The summed E-state index contributed by atoms with van der Waals surface area (Å²) in [5.74, 6) is -1.19. The lowest BCUT2D eigenvalue weighted by atomic mass is 10.2. The Morgan fingerprint density at radius 2 is 1.20 bits per heavy atom. The Morgan fingerprint density at radius 1 is 0.750 bits per heavy atom. The first-order chi connectivity index (χ1) is 26.0. The normalized spacial score (nSPS) is 11.6. The number of ether oxygens (including phenoxy) is 1. The number of amides is 1. The van der Waals surface area contributed by atoms with Crippen LogP contribution in [0.15, 0.2) is 130 Å². The molecule has 56 heavy (non-hydrogen) atoms. The summed E-state index contributed by atoms with van der Waals surface area (Å²) in [6.07, 6.45) is 4.81. The molecule has 296 valence electrons. The molecule has 6 rings (SSSR count). The Kier molecular flexibility index (Phi) is 13.8. The molecule has 0 aliphatic heterocycles. The monoisotopic (exact) mass is 828 g/mol. The highest BCUT2D eigenvalue weighted by Gasteiger charge is 2.29. The maximum Gasteiger partial charge on any atom is 0.410 e. The minimum absolute atomic E-state index is 0. The summed E-state index contributed by atoms with van der Waals surface area (Å²) < 4.78 is 88.4. The van der Waals surface area contributed by atoms with Crippen LogP contribution in [-0.4, -0.2) is 77.1 Å². The standard InChI is InChI=1S/C21H23FN4O4S.C16H15FN4O2S.ClH/c1-21(2,3)30-20(27)25(4)14-15-12-19(31(28,29)16-8-7-11-23-13-16)26(24-15)18-10-6-5-9-17(18)22;1-18-10-12-9-16(24(22,23)13-5-4-8-19-11-13)21(20-12)15-7-3-2-6-14(15)17;/h5-13H,14H2,1-4H3;2-9,11,18H,10H2,1H3;1H. The van der Waals surface area contributed by atoms with Crippen LogP contribution in [0.3, 0.4) is 0 Å². The molecule has 0 aliphatic rings. The lowest BCUT2D eigenvalue weighted by molar-refractivity contribution is 0.0283. The van der Waals surface area contributed by atoms with Gasteiger partial charge in [-0.05, 0) is 76.3 Å². The maximum atomic E-state index is 14.5. The van der Waals surface area contributed by atoms with Gasteiger partial charge in [0.2, 0.25) is 19.7 Å². The van der Waals surface area contributed by atoms with Crippen molar-refractivity contribution in [2.45, 2.75) is 59.3 Å². The average molecular weight is 829 g/mol. The van der Waals surface area contributed by atoms with Gasteiger partial charge in [-0.2, -0.15) is 10.2 Å². The van der Waals surface area contributed by atoms with Gasteiger partial charge in [0.25, 0.3) is 0 Å². The molecule has 1 N–H and O–H groups in total. The summed E-state index contributed by atoms with van der Waals surface area (Å²) >= 11 is 0. The number of hydrogen-bond donors (Lipinski definition) is 1. The molecule has 0 atom stereocenters. The van der Waals surface area contributed by atoms with Gasteiger partial charge < -0.3 is 15.0 Å². The van der Waals surface area contributed by atoms with Crippen molar-refractivity contribution in [3.8, 4) is 11.4 Å². The van der Waals surface area contributed by atoms with Gasteiger partial charge in [-0.15, -0.1) is 12.4 Å². The number of nitrogens with zero attached hydrogens (tertiary/aromatic N) is 7. The number of carbonyl (C=O) groups excluding carboxylic acids is 1. The van der Waals surface area contributed by atoms with E-state index in [9.17, 15) is 30.4 Å². The zero-order valence-electron chi connectivity index (χ0n) is 30.9. The number of hydrogen-bond acceptors (Lipinski definition) is 11. The number of para-hydroxylation sites is 2. The molecule has 0 unspecified atom stereocenters. The summed E-state index contributed by atoms with van der Waals surface area (Å²) in [5, 5.41) is 11.1. The van der Waals surface area contributed by atoms with Crippen molar-refractivity contribution in [3.05, 3.63) is 133 Å². The van der Waals surface area contributed by atoms with Crippen LogP contribution in [-0.2, 0) is 37.5 Å². The van der Waals surface area contributed by atoms with Gasteiger partial charge in [-0.25, -0.2) is 39.8 Å². The predicted octanol–water partition coefficient (Wildman–Crippen LogP) is 5.99. The summed E-state index contributed by atoms with van der Waals surface area (Å²) in [4.78, 5) is 21.2. The maximum absolute atomic E-state index is 14.5. The summed E-state index contributed by atoms with van der Waals surface area (Å²) in [6, 6.07) is 20.2. The number of nitrogens with one attached hydrogen (secondary N) is 1. The molecule has 0 bridgehead atoms. The van der Waals surface area contributed by atoms with E-state index in [-0.39, 0.29) is 55.9 Å². The minimum Gasteiger partial charge on any atom is -0.444 e. The number of pyridine rings is 2. The summed E-state index contributed by atoms with van der Waals surface area (Å²) in [7, 11) is -4.73. The van der Waals surface area contributed by atoms with E-state index in [1.54, 1.807) is 40.0 Å². The zero-order valence-corrected chi connectivity index (χ0v) is 33.3. The van der Waals surface area contributed by atoms with E-state index < -0.39 is 43.0 Å². The third kappa shape index (κ3) is 9.99. The quantitative estimate of drug-likeness (QED) is 0.172. The predicted molar refractivity (Wildman–Crippen MR) is 204 cm³/mol. The number of halogens is 3. The van der Waals surface area contributed by atoms with Crippen molar-refractivity contribution >= 4 is 38.2 Å². The van der Waals surface area contributed by atoms with E-state index in [2.05, 4.69) is 25.5 Å². The van der Waals surface area contributed by atoms with Crippen molar-refractivity contribution < 1.29 is 35.1 Å².